The summed E-state index contributed by atoms with van der Waals surface area (Å²) in [7, 11) is 2.16. The van der Waals surface area contributed by atoms with Crippen LogP contribution in [-0.4, -0.2) is 41.0 Å². The number of hydrogen-bond acceptors (Lipinski definition) is 4. The van der Waals surface area contributed by atoms with Gasteiger partial charge in [0.05, 0.1) is 0 Å². The average molecular weight is 192 g/mol. The molecule has 1 unspecified atom stereocenters. The van der Waals surface area contributed by atoms with Crippen LogP contribution < -0.4 is 5.32 Å². The first-order valence-corrected chi connectivity index (χ1v) is 5.06. The van der Waals surface area contributed by atoms with Gasteiger partial charge < -0.3 is 10.2 Å². The van der Waals surface area contributed by atoms with E-state index in [2.05, 4.69) is 27.2 Å². The molecule has 1 aromatic rings. The Balaban J connectivity index is 1.91. The van der Waals surface area contributed by atoms with Crippen molar-refractivity contribution in [2.75, 3.05) is 25.5 Å². The van der Waals surface area contributed by atoms with E-state index in [0.717, 1.165) is 12.4 Å². The van der Waals surface area contributed by atoms with Crippen molar-refractivity contribution in [3.05, 3.63) is 18.6 Å². The number of aromatic nitrogens is 2. The average Bonchev–Trinajstić information content (AvgIpc) is 2.19. The van der Waals surface area contributed by atoms with Crippen molar-refractivity contribution >= 4 is 5.82 Å². The van der Waals surface area contributed by atoms with Gasteiger partial charge in [0.15, 0.2) is 0 Å². The first kappa shape index (κ1) is 9.40. The summed E-state index contributed by atoms with van der Waals surface area (Å²) in [5.74, 6) is 0.931. The van der Waals surface area contributed by atoms with Crippen LogP contribution in [0.15, 0.2) is 18.6 Å². The van der Waals surface area contributed by atoms with Gasteiger partial charge in [0.1, 0.15) is 12.1 Å². The van der Waals surface area contributed by atoms with Crippen molar-refractivity contribution in [2.45, 2.75) is 18.9 Å². The van der Waals surface area contributed by atoms with Crippen LogP contribution >= 0.6 is 0 Å². The summed E-state index contributed by atoms with van der Waals surface area (Å²) in [6.07, 6.45) is 5.84. The second-order valence-corrected chi connectivity index (χ2v) is 3.84. The summed E-state index contributed by atoms with van der Waals surface area (Å²) >= 11 is 0. The summed E-state index contributed by atoms with van der Waals surface area (Å²) < 4.78 is 0. The standard InChI is InChI=1S/C10H16N4/c1-14-6-2-3-9(7-14)13-10-4-5-11-8-12-10/h4-5,8-9H,2-3,6-7H2,1H3,(H,11,12,13). The van der Waals surface area contributed by atoms with Gasteiger partial charge in [-0.2, -0.15) is 0 Å². The third kappa shape index (κ3) is 2.42. The van der Waals surface area contributed by atoms with Crippen LogP contribution in [0.25, 0.3) is 0 Å². The van der Waals surface area contributed by atoms with E-state index < -0.39 is 0 Å². The Morgan fingerprint density at radius 1 is 1.57 bits per heavy atom. The number of nitrogens with zero attached hydrogens (tertiary/aromatic N) is 3. The van der Waals surface area contributed by atoms with Crippen molar-refractivity contribution < 1.29 is 0 Å². The molecule has 2 heterocycles. The minimum absolute atomic E-state index is 0.531. The Morgan fingerprint density at radius 3 is 3.21 bits per heavy atom. The molecular weight excluding hydrogens is 176 g/mol. The van der Waals surface area contributed by atoms with E-state index in [9.17, 15) is 0 Å². The molecule has 2 rings (SSSR count). The van der Waals surface area contributed by atoms with Crippen molar-refractivity contribution in [2.24, 2.45) is 0 Å². The molecule has 1 aromatic heterocycles. The largest absolute Gasteiger partial charge is 0.366 e. The van der Waals surface area contributed by atoms with Gasteiger partial charge in [0.2, 0.25) is 0 Å². The Morgan fingerprint density at radius 2 is 2.50 bits per heavy atom. The maximum atomic E-state index is 4.16. The van der Waals surface area contributed by atoms with Crippen LogP contribution in [0.4, 0.5) is 5.82 Å². The molecule has 1 saturated heterocycles. The predicted octanol–water partition coefficient (Wildman–Crippen LogP) is 0.983. The SMILES string of the molecule is CN1CCCC(Nc2ccncn2)C1. The molecule has 1 fully saturated rings. The summed E-state index contributed by atoms with van der Waals surface area (Å²) in [6, 6.07) is 2.44. The molecule has 14 heavy (non-hydrogen) atoms. The second kappa shape index (κ2) is 4.37. The predicted molar refractivity (Wildman–Crippen MR) is 56.2 cm³/mol. The Kier molecular flexibility index (Phi) is 2.93. The first-order valence-electron chi connectivity index (χ1n) is 5.06. The number of hydrogen-bond donors (Lipinski definition) is 1. The number of piperidine rings is 1. The lowest BCUT2D eigenvalue weighted by molar-refractivity contribution is 0.260. The fraction of sp³-hybridized carbons (Fsp3) is 0.600. The highest BCUT2D eigenvalue weighted by molar-refractivity contribution is 5.33. The van der Waals surface area contributed by atoms with Crippen molar-refractivity contribution in [3.63, 3.8) is 0 Å². The zero-order valence-corrected chi connectivity index (χ0v) is 8.48. The fourth-order valence-electron chi connectivity index (χ4n) is 1.87. The first-order chi connectivity index (χ1) is 6.84. The summed E-state index contributed by atoms with van der Waals surface area (Å²) in [6.45, 7) is 2.31. The van der Waals surface area contributed by atoms with E-state index in [1.165, 1.54) is 19.4 Å². The lowest BCUT2D eigenvalue weighted by Gasteiger charge is -2.30. The fourth-order valence-corrected chi connectivity index (χ4v) is 1.87. The molecule has 0 aromatic carbocycles. The summed E-state index contributed by atoms with van der Waals surface area (Å²) in [5.41, 5.74) is 0. The number of nitrogens with one attached hydrogen (secondary N) is 1. The minimum Gasteiger partial charge on any atom is -0.366 e. The number of anilines is 1. The lowest BCUT2D eigenvalue weighted by Crippen LogP contribution is -2.39. The molecule has 0 spiro atoms. The van der Waals surface area contributed by atoms with Crippen molar-refractivity contribution in [1.82, 2.24) is 14.9 Å². The van der Waals surface area contributed by atoms with Crippen molar-refractivity contribution in [3.8, 4) is 0 Å². The Labute approximate surface area is 84.4 Å². The molecule has 1 aliphatic rings. The lowest BCUT2D eigenvalue weighted by atomic mass is 10.1. The highest BCUT2D eigenvalue weighted by Gasteiger charge is 2.16. The van der Waals surface area contributed by atoms with Crippen LogP contribution in [0.2, 0.25) is 0 Å². The van der Waals surface area contributed by atoms with E-state index in [-0.39, 0.29) is 0 Å². The topological polar surface area (TPSA) is 41.0 Å². The highest BCUT2D eigenvalue weighted by atomic mass is 15.2. The minimum atomic E-state index is 0.531. The van der Waals surface area contributed by atoms with Crippen LogP contribution in [0, 0.1) is 0 Å². The molecule has 0 amide bonds. The third-order valence-corrected chi connectivity index (χ3v) is 2.56. The van der Waals surface area contributed by atoms with Gasteiger partial charge in [0.25, 0.3) is 0 Å². The number of likely N-dealkylation sites (N-methyl/N-ethyl adjacent to an activating group) is 1. The molecule has 0 saturated carbocycles. The van der Waals surface area contributed by atoms with E-state index in [0.29, 0.717) is 6.04 Å². The van der Waals surface area contributed by atoms with E-state index in [1.54, 1.807) is 12.5 Å². The molecule has 4 nitrogen and oxygen atoms in total. The number of rotatable bonds is 2. The monoisotopic (exact) mass is 192 g/mol. The second-order valence-electron chi connectivity index (χ2n) is 3.84. The zero-order valence-electron chi connectivity index (χ0n) is 8.48. The molecule has 4 heteroatoms. The van der Waals surface area contributed by atoms with Gasteiger partial charge in [-0.3, -0.25) is 0 Å². The van der Waals surface area contributed by atoms with E-state index >= 15 is 0 Å². The molecule has 0 aliphatic carbocycles. The smallest absolute Gasteiger partial charge is 0.129 e. The normalized spacial score (nSPS) is 23.4. The quantitative estimate of drug-likeness (QED) is 0.758. The maximum Gasteiger partial charge on any atom is 0.129 e. The van der Waals surface area contributed by atoms with Crippen LogP contribution in [0.1, 0.15) is 12.8 Å². The van der Waals surface area contributed by atoms with Gasteiger partial charge in [-0.1, -0.05) is 0 Å². The number of likely N-dealkylation sites (tertiary alicyclic amines) is 1. The molecular formula is C10H16N4. The molecule has 76 valence electrons. The Hall–Kier alpha value is -1.16. The zero-order chi connectivity index (χ0) is 9.80. The van der Waals surface area contributed by atoms with Gasteiger partial charge in [-0.25, -0.2) is 9.97 Å². The van der Waals surface area contributed by atoms with Gasteiger partial charge >= 0.3 is 0 Å². The molecule has 0 radical (unpaired) electrons. The van der Waals surface area contributed by atoms with Crippen LogP contribution in [-0.2, 0) is 0 Å². The molecule has 1 aliphatic heterocycles. The van der Waals surface area contributed by atoms with E-state index in [1.807, 2.05) is 6.07 Å². The maximum absolute atomic E-state index is 4.16. The molecule has 0 bridgehead atoms. The highest BCUT2D eigenvalue weighted by Crippen LogP contribution is 2.12. The van der Waals surface area contributed by atoms with Gasteiger partial charge in [-0.15, -0.1) is 0 Å². The van der Waals surface area contributed by atoms with Crippen molar-refractivity contribution in [1.29, 1.82) is 0 Å². The van der Waals surface area contributed by atoms with Gasteiger partial charge in [0, 0.05) is 18.8 Å². The van der Waals surface area contributed by atoms with E-state index in [4.69, 9.17) is 0 Å². The Bertz CT molecular complexity index is 275. The molecule has 1 atom stereocenters. The summed E-state index contributed by atoms with van der Waals surface area (Å²) in [5, 5.41) is 3.42. The third-order valence-electron chi connectivity index (χ3n) is 2.56. The molecule has 1 N–H and O–H groups in total. The van der Waals surface area contributed by atoms with Gasteiger partial charge in [-0.05, 0) is 32.5 Å². The summed E-state index contributed by atoms with van der Waals surface area (Å²) in [4.78, 5) is 10.4. The van der Waals surface area contributed by atoms with Crippen LogP contribution in [0.5, 0.6) is 0 Å². The van der Waals surface area contributed by atoms with Crippen LogP contribution in [0.3, 0.4) is 0 Å².